The number of hydrogen-bond donors (Lipinski definition) is 2. The Kier molecular flexibility index (Phi) is 3.02. The SMILES string of the molecule is OCc1nnn(-c2ccc(O)cc2)c1-c1cccs1. The van der Waals surface area contributed by atoms with Crippen molar-refractivity contribution in [3.8, 4) is 22.0 Å². The zero-order valence-electron chi connectivity index (χ0n) is 9.89. The third-order valence-electron chi connectivity index (χ3n) is 2.74. The number of aliphatic hydroxyl groups excluding tert-OH is 1. The number of hydrogen-bond acceptors (Lipinski definition) is 5. The fourth-order valence-corrected chi connectivity index (χ4v) is 2.63. The maximum atomic E-state index is 9.37. The van der Waals surface area contributed by atoms with Crippen LogP contribution < -0.4 is 0 Å². The van der Waals surface area contributed by atoms with Crippen molar-refractivity contribution >= 4 is 11.3 Å². The number of phenolic OH excluding ortho intramolecular Hbond substituents is 1. The van der Waals surface area contributed by atoms with E-state index < -0.39 is 0 Å². The van der Waals surface area contributed by atoms with E-state index in [9.17, 15) is 10.2 Å². The van der Waals surface area contributed by atoms with E-state index in [0.29, 0.717) is 5.69 Å². The molecule has 0 aliphatic heterocycles. The Labute approximate surface area is 113 Å². The van der Waals surface area contributed by atoms with Crippen LogP contribution in [0.15, 0.2) is 41.8 Å². The number of phenols is 1. The highest BCUT2D eigenvalue weighted by molar-refractivity contribution is 7.13. The van der Waals surface area contributed by atoms with Crippen molar-refractivity contribution in [2.45, 2.75) is 6.61 Å². The highest BCUT2D eigenvalue weighted by atomic mass is 32.1. The molecular weight excluding hydrogens is 262 g/mol. The first-order chi connectivity index (χ1) is 9.29. The van der Waals surface area contributed by atoms with Crippen LogP contribution in [0.5, 0.6) is 5.75 Å². The van der Waals surface area contributed by atoms with Crippen LogP contribution in [0.3, 0.4) is 0 Å². The van der Waals surface area contributed by atoms with E-state index >= 15 is 0 Å². The van der Waals surface area contributed by atoms with Crippen LogP contribution >= 0.6 is 11.3 Å². The first kappa shape index (κ1) is 11.9. The molecule has 6 heteroatoms. The summed E-state index contributed by atoms with van der Waals surface area (Å²) in [6.07, 6.45) is 0. The molecule has 2 aromatic heterocycles. The summed E-state index contributed by atoms with van der Waals surface area (Å²) in [5, 5.41) is 28.7. The van der Waals surface area contributed by atoms with Gasteiger partial charge in [0.1, 0.15) is 17.1 Å². The lowest BCUT2D eigenvalue weighted by atomic mass is 10.2. The van der Waals surface area contributed by atoms with Gasteiger partial charge < -0.3 is 10.2 Å². The lowest BCUT2D eigenvalue weighted by Crippen LogP contribution is -1.99. The second-order valence-corrected chi connectivity index (χ2v) is 4.90. The van der Waals surface area contributed by atoms with Crippen molar-refractivity contribution in [1.29, 1.82) is 0 Å². The van der Waals surface area contributed by atoms with Gasteiger partial charge in [-0.25, -0.2) is 4.68 Å². The number of aromatic nitrogens is 3. The van der Waals surface area contributed by atoms with Gasteiger partial charge in [-0.05, 0) is 35.7 Å². The molecule has 3 aromatic rings. The predicted octanol–water partition coefficient (Wildman–Crippen LogP) is 2.19. The second kappa shape index (κ2) is 4.83. The maximum absolute atomic E-state index is 9.37. The standard InChI is InChI=1S/C13H11N3O2S/c17-8-11-13(12-2-1-7-19-12)16(15-14-11)9-3-5-10(18)6-4-9/h1-7,17-18H,8H2. The molecular formula is C13H11N3O2S. The topological polar surface area (TPSA) is 71.2 Å². The summed E-state index contributed by atoms with van der Waals surface area (Å²) < 4.78 is 1.66. The van der Waals surface area contributed by atoms with Gasteiger partial charge in [0.25, 0.3) is 0 Å². The van der Waals surface area contributed by atoms with Crippen molar-refractivity contribution in [2.24, 2.45) is 0 Å². The lowest BCUT2D eigenvalue weighted by Gasteiger charge is -2.05. The van der Waals surface area contributed by atoms with Gasteiger partial charge >= 0.3 is 0 Å². The molecule has 0 unspecified atom stereocenters. The Balaban J connectivity index is 2.17. The molecule has 3 rings (SSSR count). The van der Waals surface area contributed by atoms with E-state index in [1.54, 1.807) is 40.3 Å². The van der Waals surface area contributed by atoms with Gasteiger partial charge in [0.15, 0.2) is 0 Å². The molecule has 0 amide bonds. The Morgan fingerprint density at radius 1 is 1.16 bits per heavy atom. The molecule has 2 N–H and O–H groups in total. The molecule has 0 fully saturated rings. The van der Waals surface area contributed by atoms with Crippen LogP contribution in [0.2, 0.25) is 0 Å². The largest absolute Gasteiger partial charge is 0.508 e. The molecule has 0 saturated carbocycles. The molecule has 19 heavy (non-hydrogen) atoms. The van der Waals surface area contributed by atoms with Crippen LogP contribution in [0, 0.1) is 0 Å². The van der Waals surface area contributed by atoms with Crippen molar-refractivity contribution in [3.05, 3.63) is 47.5 Å². The number of benzene rings is 1. The zero-order chi connectivity index (χ0) is 13.2. The summed E-state index contributed by atoms with van der Waals surface area (Å²) in [5.74, 6) is 0.198. The quantitative estimate of drug-likeness (QED) is 0.767. The highest BCUT2D eigenvalue weighted by Gasteiger charge is 2.16. The third-order valence-corrected chi connectivity index (χ3v) is 3.62. The molecule has 0 aliphatic carbocycles. The molecule has 1 aromatic carbocycles. The summed E-state index contributed by atoms with van der Waals surface area (Å²) >= 11 is 1.56. The summed E-state index contributed by atoms with van der Waals surface area (Å²) in [4.78, 5) is 0.988. The van der Waals surface area contributed by atoms with Crippen LogP contribution in [-0.4, -0.2) is 25.2 Å². The Hall–Kier alpha value is -2.18. The Morgan fingerprint density at radius 2 is 1.95 bits per heavy atom. The van der Waals surface area contributed by atoms with Gasteiger partial charge in [0, 0.05) is 0 Å². The Morgan fingerprint density at radius 3 is 2.58 bits per heavy atom. The molecule has 2 heterocycles. The second-order valence-electron chi connectivity index (χ2n) is 3.95. The number of nitrogens with zero attached hydrogens (tertiary/aromatic N) is 3. The van der Waals surface area contributed by atoms with E-state index in [2.05, 4.69) is 10.3 Å². The minimum Gasteiger partial charge on any atom is -0.508 e. The monoisotopic (exact) mass is 273 g/mol. The van der Waals surface area contributed by atoms with Gasteiger partial charge in [-0.3, -0.25) is 0 Å². The van der Waals surface area contributed by atoms with Gasteiger partial charge in [-0.2, -0.15) is 0 Å². The van der Waals surface area contributed by atoms with Crippen LogP contribution in [0.1, 0.15) is 5.69 Å². The molecule has 0 bridgehead atoms. The molecule has 5 nitrogen and oxygen atoms in total. The zero-order valence-corrected chi connectivity index (χ0v) is 10.7. The number of aromatic hydroxyl groups is 1. The van der Waals surface area contributed by atoms with E-state index in [1.807, 2.05) is 17.5 Å². The minimum absolute atomic E-state index is 0.161. The van der Waals surface area contributed by atoms with Gasteiger partial charge in [0.2, 0.25) is 0 Å². The number of rotatable bonds is 3. The smallest absolute Gasteiger partial charge is 0.117 e. The van der Waals surface area contributed by atoms with Gasteiger partial charge in [-0.1, -0.05) is 11.3 Å². The number of thiophene rings is 1. The molecule has 0 saturated heterocycles. The molecule has 0 radical (unpaired) electrons. The van der Waals surface area contributed by atoms with Crippen molar-refractivity contribution in [3.63, 3.8) is 0 Å². The van der Waals surface area contributed by atoms with E-state index in [4.69, 9.17) is 0 Å². The van der Waals surface area contributed by atoms with Crippen LogP contribution in [0.25, 0.3) is 16.3 Å². The predicted molar refractivity (Wildman–Crippen MR) is 72.3 cm³/mol. The molecule has 96 valence electrons. The number of aliphatic hydroxyl groups is 1. The first-order valence-electron chi connectivity index (χ1n) is 5.68. The normalized spacial score (nSPS) is 10.8. The van der Waals surface area contributed by atoms with E-state index in [-0.39, 0.29) is 12.4 Å². The minimum atomic E-state index is -0.161. The summed E-state index contributed by atoms with van der Waals surface area (Å²) in [6, 6.07) is 10.6. The lowest BCUT2D eigenvalue weighted by molar-refractivity contribution is 0.277. The maximum Gasteiger partial charge on any atom is 0.117 e. The third kappa shape index (κ3) is 2.11. The van der Waals surface area contributed by atoms with Crippen LogP contribution in [-0.2, 0) is 6.61 Å². The molecule has 0 aliphatic rings. The van der Waals surface area contributed by atoms with Gasteiger partial charge in [-0.15, -0.1) is 16.4 Å². The fraction of sp³-hybridized carbons (Fsp3) is 0.0769. The summed E-state index contributed by atoms with van der Waals surface area (Å²) in [5.41, 5.74) is 2.10. The average Bonchev–Trinajstić information content (AvgIpc) is 3.07. The van der Waals surface area contributed by atoms with Crippen molar-refractivity contribution < 1.29 is 10.2 Å². The van der Waals surface area contributed by atoms with Crippen molar-refractivity contribution in [1.82, 2.24) is 15.0 Å². The average molecular weight is 273 g/mol. The fourth-order valence-electron chi connectivity index (χ4n) is 1.85. The summed E-state index contributed by atoms with van der Waals surface area (Å²) in [7, 11) is 0. The highest BCUT2D eigenvalue weighted by Crippen LogP contribution is 2.29. The van der Waals surface area contributed by atoms with Crippen LogP contribution in [0.4, 0.5) is 0 Å². The molecule has 0 spiro atoms. The van der Waals surface area contributed by atoms with Crippen molar-refractivity contribution in [2.75, 3.05) is 0 Å². The molecule has 0 atom stereocenters. The summed E-state index contributed by atoms with van der Waals surface area (Å²) in [6.45, 7) is -0.161. The van der Waals surface area contributed by atoms with E-state index in [1.165, 1.54) is 0 Å². The Bertz CT molecular complexity index is 674. The van der Waals surface area contributed by atoms with E-state index in [0.717, 1.165) is 16.3 Å². The first-order valence-corrected chi connectivity index (χ1v) is 6.56. The van der Waals surface area contributed by atoms with Gasteiger partial charge in [0.05, 0.1) is 17.2 Å².